The van der Waals surface area contributed by atoms with Gasteiger partial charge in [-0.2, -0.15) is 0 Å². The van der Waals surface area contributed by atoms with Crippen LogP contribution in [-0.4, -0.2) is 27.3 Å². The number of benzene rings is 2. The molecule has 3 aromatic rings. The van der Waals surface area contributed by atoms with E-state index in [0.29, 0.717) is 16.1 Å². The first-order valence-corrected chi connectivity index (χ1v) is 9.58. The van der Waals surface area contributed by atoms with Crippen LogP contribution >= 0.6 is 11.8 Å². The molecule has 1 heterocycles. The number of fused-ring (bicyclic) bond motifs is 1. The Morgan fingerprint density at radius 2 is 1.85 bits per heavy atom. The molecule has 0 fully saturated rings. The van der Waals surface area contributed by atoms with E-state index in [-0.39, 0.29) is 23.3 Å². The van der Waals surface area contributed by atoms with Crippen LogP contribution in [0.25, 0.3) is 16.6 Å². The van der Waals surface area contributed by atoms with E-state index in [1.807, 2.05) is 62.4 Å². The summed E-state index contributed by atoms with van der Waals surface area (Å²) in [5, 5.41) is 4.01. The van der Waals surface area contributed by atoms with Crippen LogP contribution in [0.15, 0.2) is 64.5 Å². The second-order valence-corrected chi connectivity index (χ2v) is 7.00. The van der Waals surface area contributed by atoms with Gasteiger partial charge in [-0.25, -0.2) is 4.98 Å². The van der Waals surface area contributed by atoms with Crippen molar-refractivity contribution in [1.82, 2.24) is 14.9 Å². The molecule has 0 aliphatic carbocycles. The predicted octanol–water partition coefficient (Wildman–Crippen LogP) is 3.39. The number of amides is 1. The Morgan fingerprint density at radius 1 is 1.15 bits per heavy atom. The summed E-state index contributed by atoms with van der Waals surface area (Å²) in [4.78, 5) is 29.8. The summed E-state index contributed by atoms with van der Waals surface area (Å²) in [5.41, 5.74) is 1.24. The normalized spacial score (nSPS) is 12.1. The Labute approximate surface area is 156 Å². The molecule has 26 heavy (non-hydrogen) atoms. The largest absolute Gasteiger partial charge is 0.353 e. The van der Waals surface area contributed by atoms with Gasteiger partial charge in [-0.05, 0) is 37.6 Å². The zero-order valence-electron chi connectivity index (χ0n) is 14.8. The quantitative estimate of drug-likeness (QED) is 0.536. The molecule has 0 aliphatic rings. The number of hydrogen-bond acceptors (Lipinski definition) is 4. The average Bonchev–Trinajstić information content (AvgIpc) is 2.67. The van der Waals surface area contributed by atoms with Crippen LogP contribution in [-0.2, 0) is 4.79 Å². The lowest BCUT2D eigenvalue weighted by atomic mass is 10.2. The number of nitrogens with zero attached hydrogens (tertiary/aromatic N) is 2. The Morgan fingerprint density at radius 3 is 2.58 bits per heavy atom. The molecule has 0 saturated carbocycles. The lowest BCUT2D eigenvalue weighted by molar-refractivity contribution is -0.119. The van der Waals surface area contributed by atoms with Gasteiger partial charge in [0.05, 0.1) is 22.3 Å². The van der Waals surface area contributed by atoms with Gasteiger partial charge in [0.2, 0.25) is 5.91 Å². The summed E-state index contributed by atoms with van der Waals surface area (Å²) in [5.74, 6) is 0.147. The molecule has 2 aromatic carbocycles. The van der Waals surface area contributed by atoms with E-state index in [1.165, 1.54) is 11.8 Å². The van der Waals surface area contributed by atoms with Gasteiger partial charge < -0.3 is 5.32 Å². The van der Waals surface area contributed by atoms with Gasteiger partial charge in [0.1, 0.15) is 0 Å². The van der Waals surface area contributed by atoms with Gasteiger partial charge in [-0.15, -0.1) is 0 Å². The average molecular weight is 367 g/mol. The standard InChI is InChI=1S/C20H21N3O2S/c1-3-14(2)21-18(24)13-26-20-22-17-12-8-7-11-16(17)19(25)23(20)15-9-5-4-6-10-15/h4-12,14H,3,13H2,1-2H3,(H,21,24). The van der Waals surface area contributed by atoms with Crippen molar-refractivity contribution in [2.45, 2.75) is 31.5 Å². The molecule has 0 saturated heterocycles. The molecule has 0 radical (unpaired) electrons. The molecule has 1 aromatic heterocycles. The maximum absolute atomic E-state index is 13.0. The maximum atomic E-state index is 13.0. The summed E-state index contributed by atoms with van der Waals surface area (Å²) in [6.45, 7) is 3.99. The molecule has 134 valence electrons. The highest BCUT2D eigenvalue weighted by Gasteiger charge is 2.15. The van der Waals surface area contributed by atoms with Crippen molar-refractivity contribution >= 4 is 28.6 Å². The van der Waals surface area contributed by atoms with Crippen molar-refractivity contribution in [1.29, 1.82) is 0 Å². The maximum Gasteiger partial charge on any atom is 0.266 e. The molecule has 1 unspecified atom stereocenters. The summed E-state index contributed by atoms with van der Waals surface area (Å²) < 4.78 is 1.57. The number of hydrogen-bond donors (Lipinski definition) is 1. The van der Waals surface area contributed by atoms with Gasteiger partial charge in [0.25, 0.3) is 5.56 Å². The summed E-state index contributed by atoms with van der Waals surface area (Å²) in [7, 11) is 0. The van der Waals surface area contributed by atoms with Crippen LogP contribution in [0.3, 0.4) is 0 Å². The molecule has 6 heteroatoms. The molecule has 3 rings (SSSR count). The molecule has 1 atom stereocenters. The highest BCUT2D eigenvalue weighted by molar-refractivity contribution is 7.99. The molecule has 1 N–H and O–H groups in total. The monoisotopic (exact) mass is 367 g/mol. The number of thioether (sulfide) groups is 1. The minimum atomic E-state index is -0.133. The van der Waals surface area contributed by atoms with Crippen molar-refractivity contribution < 1.29 is 4.79 Å². The second kappa shape index (κ2) is 8.19. The first-order chi connectivity index (χ1) is 12.6. The topological polar surface area (TPSA) is 64.0 Å². The first-order valence-electron chi connectivity index (χ1n) is 8.59. The molecular weight excluding hydrogens is 346 g/mol. The number of rotatable bonds is 6. The number of carbonyl (C=O) groups excluding carboxylic acids is 1. The van der Waals surface area contributed by atoms with E-state index in [9.17, 15) is 9.59 Å². The minimum absolute atomic E-state index is 0.0635. The van der Waals surface area contributed by atoms with Gasteiger partial charge in [0.15, 0.2) is 5.16 Å². The second-order valence-electron chi connectivity index (χ2n) is 6.05. The Hall–Kier alpha value is -2.60. The molecule has 5 nitrogen and oxygen atoms in total. The van der Waals surface area contributed by atoms with Crippen LogP contribution in [0, 0.1) is 0 Å². The van der Waals surface area contributed by atoms with E-state index in [2.05, 4.69) is 10.3 Å². The number of para-hydroxylation sites is 2. The van der Waals surface area contributed by atoms with Gasteiger partial charge >= 0.3 is 0 Å². The third-order valence-electron chi connectivity index (χ3n) is 4.11. The highest BCUT2D eigenvalue weighted by atomic mass is 32.2. The van der Waals surface area contributed by atoms with Gasteiger partial charge in [0, 0.05) is 6.04 Å². The van der Waals surface area contributed by atoms with Crippen molar-refractivity contribution in [2.24, 2.45) is 0 Å². The molecule has 1 amide bonds. The summed E-state index contributed by atoms with van der Waals surface area (Å²) >= 11 is 1.27. The molecular formula is C20H21N3O2S. The Bertz CT molecular complexity index is 970. The van der Waals surface area contributed by atoms with Gasteiger partial charge in [-0.3, -0.25) is 14.2 Å². The van der Waals surface area contributed by atoms with E-state index < -0.39 is 0 Å². The summed E-state index contributed by atoms with van der Waals surface area (Å²) in [6.07, 6.45) is 0.874. The van der Waals surface area contributed by atoms with E-state index in [4.69, 9.17) is 0 Å². The van der Waals surface area contributed by atoms with E-state index in [1.54, 1.807) is 10.6 Å². The fourth-order valence-electron chi connectivity index (χ4n) is 2.56. The summed E-state index contributed by atoms with van der Waals surface area (Å²) in [6, 6.07) is 16.8. The SMILES string of the molecule is CCC(C)NC(=O)CSc1nc2ccccc2c(=O)n1-c1ccccc1. The number of aromatic nitrogens is 2. The van der Waals surface area contributed by atoms with Crippen LogP contribution in [0.2, 0.25) is 0 Å². The van der Waals surface area contributed by atoms with Crippen LogP contribution in [0.5, 0.6) is 0 Å². The fraction of sp³-hybridized carbons (Fsp3) is 0.250. The number of nitrogens with one attached hydrogen (secondary N) is 1. The van der Waals surface area contributed by atoms with E-state index in [0.717, 1.165) is 12.1 Å². The van der Waals surface area contributed by atoms with Crippen LogP contribution < -0.4 is 10.9 Å². The fourth-order valence-corrected chi connectivity index (χ4v) is 3.39. The molecule has 0 spiro atoms. The van der Waals surface area contributed by atoms with E-state index >= 15 is 0 Å². The zero-order valence-corrected chi connectivity index (χ0v) is 15.6. The minimum Gasteiger partial charge on any atom is -0.353 e. The lowest BCUT2D eigenvalue weighted by Gasteiger charge is -2.14. The molecule has 0 aliphatic heterocycles. The third-order valence-corrected chi connectivity index (χ3v) is 5.05. The predicted molar refractivity (Wildman–Crippen MR) is 106 cm³/mol. The van der Waals surface area contributed by atoms with Crippen LogP contribution in [0.1, 0.15) is 20.3 Å². The van der Waals surface area contributed by atoms with Crippen LogP contribution in [0.4, 0.5) is 0 Å². The third kappa shape index (κ3) is 3.96. The van der Waals surface area contributed by atoms with Crippen molar-refractivity contribution in [3.63, 3.8) is 0 Å². The number of carbonyl (C=O) groups is 1. The molecule has 0 bridgehead atoms. The van der Waals surface area contributed by atoms with Crippen molar-refractivity contribution in [3.05, 3.63) is 65.0 Å². The zero-order chi connectivity index (χ0) is 18.5. The Balaban J connectivity index is 2.00. The van der Waals surface area contributed by atoms with Crippen molar-refractivity contribution in [3.8, 4) is 5.69 Å². The lowest BCUT2D eigenvalue weighted by Crippen LogP contribution is -2.33. The Kier molecular flexibility index (Phi) is 5.73. The van der Waals surface area contributed by atoms with Crippen molar-refractivity contribution in [2.75, 3.05) is 5.75 Å². The smallest absolute Gasteiger partial charge is 0.266 e. The first kappa shape index (κ1) is 18.2. The van der Waals surface area contributed by atoms with Gasteiger partial charge in [-0.1, -0.05) is 49.0 Å². The highest BCUT2D eigenvalue weighted by Crippen LogP contribution is 2.21.